The first-order chi connectivity index (χ1) is 16.0. The molecule has 180 valence electrons. The van der Waals surface area contributed by atoms with Gasteiger partial charge in [-0.05, 0) is 49.6 Å². The summed E-state index contributed by atoms with van der Waals surface area (Å²) in [4.78, 5) is 25.4. The normalized spacial score (nSPS) is 28.0. The molecular weight excluding hydrogens is 444 g/mol. The molecule has 2 aromatic rings. The molecule has 0 aromatic heterocycles. The number of hydrogen-bond acceptors (Lipinski definition) is 9. The van der Waals surface area contributed by atoms with Crippen LogP contribution in [-0.2, 0) is 14.3 Å². The van der Waals surface area contributed by atoms with Gasteiger partial charge in [-0.15, -0.1) is 0 Å². The van der Waals surface area contributed by atoms with Gasteiger partial charge in [-0.1, -0.05) is 23.8 Å². The summed E-state index contributed by atoms with van der Waals surface area (Å²) < 4.78 is 10.9. The molecule has 9 heteroatoms. The fraction of sp³-hybridized carbons (Fsp3) is 0.360. The molecule has 1 heterocycles. The van der Waals surface area contributed by atoms with Crippen molar-refractivity contribution < 1.29 is 44.6 Å². The lowest BCUT2D eigenvalue weighted by molar-refractivity contribution is -0.286. The van der Waals surface area contributed by atoms with Gasteiger partial charge in [-0.25, -0.2) is 4.79 Å². The van der Waals surface area contributed by atoms with E-state index < -0.39 is 48.4 Å². The van der Waals surface area contributed by atoms with Gasteiger partial charge in [0.1, 0.15) is 29.8 Å². The molecule has 0 bridgehead atoms. The molecule has 0 amide bonds. The number of aryl methyl sites for hydroxylation is 1. The Bertz CT molecular complexity index is 1180. The zero-order valence-corrected chi connectivity index (χ0v) is 18.8. The minimum atomic E-state index is -1.82. The van der Waals surface area contributed by atoms with E-state index in [0.717, 1.165) is 0 Å². The van der Waals surface area contributed by atoms with E-state index >= 15 is 0 Å². The quantitative estimate of drug-likeness (QED) is 0.331. The SMILES string of the molecule is CC(C)=CC(=O)O[C@@H]1[C@@H](O)[C@H]([C@H]2c3cccc(O)c3C(=O)c3c(O)cc(C)cc32)O[C@@H](O)[C@@H]1O. The number of rotatable bonds is 3. The molecule has 0 saturated carbocycles. The van der Waals surface area contributed by atoms with E-state index in [4.69, 9.17) is 9.47 Å². The molecule has 1 saturated heterocycles. The van der Waals surface area contributed by atoms with Crippen LogP contribution in [0, 0.1) is 6.92 Å². The van der Waals surface area contributed by atoms with Gasteiger partial charge >= 0.3 is 5.97 Å². The molecule has 0 spiro atoms. The Kier molecular flexibility index (Phi) is 6.22. The number of hydrogen-bond donors (Lipinski definition) is 5. The molecule has 0 radical (unpaired) electrons. The maximum absolute atomic E-state index is 13.2. The number of carbonyl (C=O) groups excluding carboxylic acids is 2. The van der Waals surface area contributed by atoms with Crippen molar-refractivity contribution in [1.82, 2.24) is 0 Å². The van der Waals surface area contributed by atoms with Gasteiger partial charge in [0.05, 0.1) is 11.1 Å². The molecule has 6 atom stereocenters. The van der Waals surface area contributed by atoms with Crippen LogP contribution in [0.5, 0.6) is 11.5 Å². The van der Waals surface area contributed by atoms with Gasteiger partial charge in [0.2, 0.25) is 5.78 Å². The van der Waals surface area contributed by atoms with Crippen LogP contribution in [-0.4, -0.2) is 68.0 Å². The first kappa shape index (κ1) is 23.9. The third-order valence-electron chi connectivity index (χ3n) is 6.08. The highest BCUT2D eigenvalue weighted by molar-refractivity contribution is 6.16. The molecular formula is C25H26O9. The van der Waals surface area contributed by atoms with E-state index in [-0.39, 0.29) is 22.6 Å². The lowest BCUT2D eigenvalue weighted by Gasteiger charge is -2.44. The molecule has 34 heavy (non-hydrogen) atoms. The van der Waals surface area contributed by atoms with Crippen LogP contribution in [0.2, 0.25) is 0 Å². The molecule has 2 aromatic carbocycles. The summed E-state index contributed by atoms with van der Waals surface area (Å²) in [5.74, 6) is -3.01. The van der Waals surface area contributed by atoms with Gasteiger partial charge in [0.15, 0.2) is 12.4 Å². The summed E-state index contributed by atoms with van der Waals surface area (Å²) in [5, 5.41) is 53.0. The number of aliphatic hydroxyl groups is 3. The van der Waals surface area contributed by atoms with Gasteiger partial charge in [0.25, 0.3) is 0 Å². The monoisotopic (exact) mass is 470 g/mol. The summed E-state index contributed by atoms with van der Waals surface area (Å²) in [6.45, 7) is 5.05. The third kappa shape index (κ3) is 3.97. The van der Waals surface area contributed by atoms with E-state index in [2.05, 4.69) is 0 Å². The Morgan fingerprint density at radius 2 is 1.68 bits per heavy atom. The van der Waals surface area contributed by atoms with Gasteiger partial charge in [0, 0.05) is 12.0 Å². The third-order valence-corrected chi connectivity index (χ3v) is 6.08. The number of carbonyl (C=O) groups is 2. The number of ether oxygens (including phenoxy) is 2. The second-order valence-corrected chi connectivity index (χ2v) is 8.89. The van der Waals surface area contributed by atoms with Crippen LogP contribution in [0.3, 0.4) is 0 Å². The van der Waals surface area contributed by atoms with Gasteiger partial charge < -0.3 is 35.0 Å². The van der Waals surface area contributed by atoms with Crippen LogP contribution in [0.15, 0.2) is 42.0 Å². The van der Waals surface area contributed by atoms with E-state index in [9.17, 15) is 35.1 Å². The van der Waals surface area contributed by atoms with E-state index in [1.54, 1.807) is 32.9 Å². The lowest BCUT2D eigenvalue weighted by atomic mass is 9.71. The summed E-state index contributed by atoms with van der Waals surface area (Å²) in [6.07, 6.45) is -6.86. The second-order valence-electron chi connectivity index (χ2n) is 8.89. The number of phenols is 2. The minimum Gasteiger partial charge on any atom is -0.507 e. The number of phenolic OH excluding ortho intramolecular Hbond substituents is 2. The van der Waals surface area contributed by atoms with Crippen LogP contribution < -0.4 is 0 Å². The number of esters is 1. The molecule has 4 rings (SSSR count). The summed E-state index contributed by atoms with van der Waals surface area (Å²) >= 11 is 0. The summed E-state index contributed by atoms with van der Waals surface area (Å²) in [7, 11) is 0. The van der Waals surface area contributed by atoms with Crippen molar-refractivity contribution >= 4 is 11.8 Å². The number of ketones is 1. The maximum Gasteiger partial charge on any atom is 0.331 e. The van der Waals surface area contributed by atoms with Crippen molar-refractivity contribution in [3.8, 4) is 11.5 Å². The Balaban J connectivity index is 1.86. The molecule has 5 N–H and O–H groups in total. The standard InChI is InChI=1S/C25H26O9/c1-10(2)7-16(28)33-24-21(30)23(34-25(32)22(24)31)17-12-5-4-6-14(26)18(12)20(29)19-13(17)8-11(3)9-15(19)27/h4-9,17,21-27,30-32H,1-3H3/t17-,21-,22+,23-,24+,25+/m0/s1. The molecule has 1 aliphatic carbocycles. The van der Waals surface area contributed by atoms with E-state index in [1.807, 2.05) is 0 Å². The maximum atomic E-state index is 13.2. The second kappa shape index (κ2) is 8.84. The van der Waals surface area contributed by atoms with Gasteiger partial charge in [-0.3, -0.25) is 4.79 Å². The summed E-state index contributed by atoms with van der Waals surface area (Å²) in [5.41, 5.74) is 1.71. The molecule has 1 fully saturated rings. The highest BCUT2D eigenvalue weighted by Gasteiger charge is 2.52. The van der Waals surface area contributed by atoms with Crippen molar-refractivity contribution in [2.45, 2.75) is 57.4 Å². The molecule has 9 nitrogen and oxygen atoms in total. The number of aliphatic hydroxyl groups excluding tert-OH is 3. The van der Waals surface area contributed by atoms with E-state index in [1.165, 1.54) is 24.3 Å². The average Bonchev–Trinajstić information content (AvgIpc) is 2.73. The van der Waals surface area contributed by atoms with Gasteiger partial charge in [-0.2, -0.15) is 0 Å². The molecule has 2 aliphatic rings. The van der Waals surface area contributed by atoms with Crippen molar-refractivity contribution in [3.63, 3.8) is 0 Å². The first-order valence-corrected chi connectivity index (χ1v) is 10.8. The fourth-order valence-corrected chi connectivity index (χ4v) is 4.69. The molecule has 1 aliphatic heterocycles. The Hall–Kier alpha value is -3.24. The van der Waals surface area contributed by atoms with E-state index in [0.29, 0.717) is 22.3 Å². The smallest absolute Gasteiger partial charge is 0.331 e. The lowest BCUT2D eigenvalue weighted by Crippen LogP contribution is -2.60. The minimum absolute atomic E-state index is 0.0703. The number of allylic oxidation sites excluding steroid dienone is 1. The van der Waals surface area contributed by atoms with Crippen LogP contribution in [0.25, 0.3) is 0 Å². The van der Waals surface area contributed by atoms with Crippen LogP contribution in [0.1, 0.15) is 52.4 Å². The van der Waals surface area contributed by atoms with Crippen molar-refractivity contribution in [2.24, 2.45) is 0 Å². The zero-order valence-electron chi connectivity index (χ0n) is 18.8. The Morgan fingerprint density at radius 3 is 2.35 bits per heavy atom. The fourth-order valence-electron chi connectivity index (χ4n) is 4.69. The predicted molar refractivity (Wildman–Crippen MR) is 118 cm³/mol. The largest absolute Gasteiger partial charge is 0.507 e. The highest BCUT2D eigenvalue weighted by Crippen LogP contribution is 2.47. The number of fused-ring (bicyclic) bond motifs is 2. The first-order valence-electron chi connectivity index (χ1n) is 10.8. The highest BCUT2D eigenvalue weighted by atomic mass is 16.6. The average molecular weight is 470 g/mol. The van der Waals surface area contributed by atoms with Crippen molar-refractivity contribution in [1.29, 1.82) is 0 Å². The van der Waals surface area contributed by atoms with Crippen molar-refractivity contribution in [3.05, 3.63) is 69.8 Å². The zero-order chi connectivity index (χ0) is 24.9. The Morgan fingerprint density at radius 1 is 1.00 bits per heavy atom. The predicted octanol–water partition coefficient (Wildman–Crippen LogP) is 1.40. The number of aromatic hydroxyl groups is 2. The molecule has 0 unspecified atom stereocenters. The summed E-state index contributed by atoms with van der Waals surface area (Å²) in [6, 6.07) is 7.45. The number of benzene rings is 2. The topological polar surface area (TPSA) is 154 Å². The Labute approximate surface area is 195 Å². The van der Waals surface area contributed by atoms with Crippen LogP contribution in [0.4, 0.5) is 0 Å². The van der Waals surface area contributed by atoms with Crippen molar-refractivity contribution in [2.75, 3.05) is 0 Å². The van der Waals surface area contributed by atoms with Crippen LogP contribution >= 0.6 is 0 Å².